The SMILES string of the molecule is CCS(=O)(=O)N1CCN(C(=O)c2cnc3c(c2)c(C)nn3C)CC1. The van der Waals surface area contributed by atoms with Gasteiger partial charge in [-0.2, -0.15) is 9.40 Å². The molecule has 130 valence electrons. The van der Waals surface area contributed by atoms with E-state index in [9.17, 15) is 13.2 Å². The van der Waals surface area contributed by atoms with Gasteiger partial charge in [0.2, 0.25) is 10.0 Å². The molecule has 1 fully saturated rings. The van der Waals surface area contributed by atoms with Crippen LogP contribution in [0.3, 0.4) is 0 Å². The van der Waals surface area contributed by atoms with Gasteiger partial charge in [0.1, 0.15) is 0 Å². The van der Waals surface area contributed by atoms with Gasteiger partial charge >= 0.3 is 0 Å². The molecule has 2 aromatic heterocycles. The minimum atomic E-state index is -3.19. The molecule has 1 aliphatic rings. The molecule has 3 rings (SSSR count). The summed E-state index contributed by atoms with van der Waals surface area (Å²) in [5.74, 6) is -0.0388. The molecule has 8 nitrogen and oxygen atoms in total. The third kappa shape index (κ3) is 2.89. The van der Waals surface area contributed by atoms with Gasteiger partial charge < -0.3 is 4.90 Å². The average molecular weight is 351 g/mol. The van der Waals surface area contributed by atoms with E-state index in [4.69, 9.17) is 0 Å². The summed E-state index contributed by atoms with van der Waals surface area (Å²) in [6.07, 6.45) is 1.56. The van der Waals surface area contributed by atoms with Crippen molar-refractivity contribution < 1.29 is 13.2 Å². The summed E-state index contributed by atoms with van der Waals surface area (Å²) < 4.78 is 26.9. The van der Waals surface area contributed by atoms with Crippen molar-refractivity contribution in [3.8, 4) is 0 Å². The summed E-state index contributed by atoms with van der Waals surface area (Å²) >= 11 is 0. The molecule has 0 saturated carbocycles. The lowest BCUT2D eigenvalue weighted by Gasteiger charge is -2.33. The van der Waals surface area contributed by atoms with E-state index in [1.165, 1.54) is 4.31 Å². The molecule has 0 N–H and O–H groups in total. The highest BCUT2D eigenvalue weighted by atomic mass is 32.2. The van der Waals surface area contributed by atoms with Crippen molar-refractivity contribution in [2.45, 2.75) is 13.8 Å². The van der Waals surface area contributed by atoms with Gasteiger partial charge in [-0.1, -0.05) is 0 Å². The normalized spacial score (nSPS) is 16.7. The van der Waals surface area contributed by atoms with Crippen molar-refractivity contribution >= 4 is 27.0 Å². The maximum atomic E-state index is 12.7. The summed E-state index contributed by atoms with van der Waals surface area (Å²) in [5.41, 5.74) is 2.07. The molecule has 0 spiro atoms. The highest BCUT2D eigenvalue weighted by molar-refractivity contribution is 7.89. The van der Waals surface area contributed by atoms with Crippen LogP contribution in [0.5, 0.6) is 0 Å². The van der Waals surface area contributed by atoms with E-state index in [-0.39, 0.29) is 11.7 Å². The lowest BCUT2D eigenvalue weighted by Crippen LogP contribution is -2.50. The molecular weight excluding hydrogens is 330 g/mol. The molecule has 1 saturated heterocycles. The quantitative estimate of drug-likeness (QED) is 0.798. The Morgan fingerprint density at radius 1 is 1.25 bits per heavy atom. The molecule has 3 heterocycles. The third-order valence-corrected chi connectivity index (χ3v) is 6.28. The van der Waals surface area contributed by atoms with Crippen molar-refractivity contribution in [2.75, 3.05) is 31.9 Å². The van der Waals surface area contributed by atoms with Gasteiger partial charge in [0.15, 0.2) is 5.65 Å². The van der Waals surface area contributed by atoms with Crippen molar-refractivity contribution in [3.05, 3.63) is 23.5 Å². The number of fused-ring (bicyclic) bond motifs is 1. The Hall–Kier alpha value is -2.00. The van der Waals surface area contributed by atoms with E-state index >= 15 is 0 Å². The first-order chi connectivity index (χ1) is 11.3. The Balaban J connectivity index is 1.77. The predicted octanol–water partition coefficient (Wildman–Crippen LogP) is 0.384. The second-order valence-electron chi connectivity index (χ2n) is 5.90. The largest absolute Gasteiger partial charge is 0.336 e. The molecule has 0 radical (unpaired) electrons. The molecule has 0 aromatic carbocycles. The van der Waals surface area contributed by atoms with Crippen LogP contribution in [0, 0.1) is 6.92 Å². The zero-order chi connectivity index (χ0) is 17.5. The van der Waals surface area contributed by atoms with Gasteiger partial charge in [-0.3, -0.25) is 9.48 Å². The molecule has 9 heteroatoms. The van der Waals surface area contributed by atoms with Crippen LogP contribution < -0.4 is 0 Å². The first-order valence-corrected chi connectivity index (χ1v) is 9.51. The molecule has 0 unspecified atom stereocenters. The Kier molecular flexibility index (Phi) is 4.31. The number of piperazine rings is 1. The first kappa shape index (κ1) is 16.8. The molecule has 1 aliphatic heterocycles. The maximum Gasteiger partial charge on any atom is 0.255 e. The maximum absolute atomic E-state index is 12.7. The number of hydrogen-bond donors (Lipinski definition) is 0. The Morgan fingerprint density at radius 2 is 1.92 bits per heavy atom. The van der Waals surface area contributed by atoms with Crippen molar-refractivity contribution in [3.63, 3.8) is 0 Å². The third-order valence-electron chi connectivity index (χ3n) is 4.39. The monoisotopic (exact) mass is 351 g/mol. The van der Waals surface area contributed by atoms with Crippen LogP contribution in [0.4, 0.5) is 0 Å². The summed E-state index contributed by atoms with van der Waals surface area (Å²) in [6.45, 7) is 4.97. The van der Waals surface area contributed by atoms with Gasteiger partial charge in [-0.15, -0.1) is 0 Å². The molecule has 2 aromatic rings. The molecule has 0 atom stereocenters. The highest BCUT2D eigenvalue weighted by Gasteiger charge is 2.28. The molecule has 1 amide bonds. The van der Waals surface area contributed by atoms with Crippen LogP contribution >= 0.6 is 0 Å². The summed E-state index contributed by atoms with van der Waals surface area (Å²) in [6, 6.07) is 1.81. The number of rotatable bonds is 3. The minimum absolute atomic E-state index is 0.0851. The average Bonchev–Trinajstić information content (AvgIpc) is 2.88. The number of pyridine rings is 1. The summed E-state index contributed by atoms with van der Waals surface area (Å²) in [5, 5.41) is 5.16. The lowest BCUT2D eigenvalue weighted by molar-refractivity contribution is 0.0698. The lowest BCUT2D eigenvalue weighted by atomic mass is 10.2. The van der Waals surface area contributed by atoms with Gasteiger partial charge in [0.25, 0.3) is 5.91 Å². The minimum Gasteiger partial charge on any atom is -0.336 e. The molecule has 0 aliphatic carbocycles. The number of aryl methyl sites for hydroxylation is 2. The Labute approximate surface area is 141 Å². The van der Waals surface area contributed by atoms with Crippen LogP contribution in [0.15, 0.2) is 12.3 Å². The van der Waals surface area contributed by atoms with Crippen molar-refractivity contribution in [1.29, 1.82) is 0 Å². The zero-order valence-corrected chi connectivity index (χ0v) is 14.9. The van der Waals surface area contributed by atoms with Gasteiger partial charge in [-0.05, 0) is 19.9 Å². The van der Waals surface area contributed by atoms with E-state index < -0.39 is 10.0 Å². The fraction of sp³-hybridized carbons (Fsp3) is 0.533. The second kappa shape index (κ2) is 6.14. The van der Waals surface area contributed by atoms with Gasteiger partial charge in [0, 0.05) is 44.8 Å². The van der Waals surface area contributed by atoms with Crippen molar-refractivity contribution in [1.82, 2.24) is 24.0 Å². The van der Waals surface area contributed by atoms with Crippen LogP contribution in [-0.2, 0) is 17.1 Å². The predicted molar refractivity (Wildman–Crippen MR) is 90.2 cm³/mol. The standard InChI is InChI=1S/C15H21N5O3S/c1-4-24(22,23)20-7-5-19(6-8-20)15(21)12-9-13-11(2)17-18(3)14(13)16-10-12/h9-10H,4-8H2,1-3H3. The highest BCUT2D eigenvalue weighted by Crippen LogP contribution is 2.18. The zero-order valence-electron chi connectivity index (χ0n) is 14.1. The number of nitrogens with zero attached hydrogens (tertiary/aromatic N) is 5. The fourth-order valence-electron chi connectivity index (χ4n) is 2.96. The van der Waals surface area contributed by atoms with Gasteiger partial charge in [-0.25, -0.2) is 13.4 Å². The van der Waals surface area contributed by atoms with Crippen LogP contribution in [0.25, 0.3) is 11.0 Å². The van der Waals surface area contributed by atoms with Crippen LogP contribution in [-0.4, -0.2) is 70.2 Å². The van der Waals surface area contributed by atoms with E-state index in [2.05, 4.69) is 10.1 Å². The van der Waals surface area contributed by atoms with Crippen molar-refractivity contribution in [2.24, 2.45) is 7.05 Å². The van der Waals surface area contributed by atoms with E-state index in [1.54, 1.807) is 22.7 Å². The van der Waals surface area contributed by atoms with Gasteiger partial charge in [0.05, 0.1) is 17.0 Å². The summed E-state index contributed by atoms with van der Waals surface area (Å²) in [7, 11) is -1.38. The molecular formula is C15H21N5O3S. The number of carbonyl (C=O) groups excluding carboxylic acids is 1. The first-order valence-electron chi connectivity index (χ1n) is 7.90. The van der Waals surface area contributed by atoms with E-state index in [0.717, 1.165) is 16.7 Å². The molecule has 24 heavy (non-hydrogen) atoms. The second-order valence-corrected chi connectivity index (χ2v) is 8.15. The number of sulfonamides is 1. The number of amides is 1. The number of carbonyl (C=O) groups is 1. The fourth-order valence-corrected chi connectivity index (χ4v) is 4.04. The Morgan fingerprint density at radius 3 is 2.54 bits per heavy atom. The summed E-state index contributed by atoms with van der Waals surface area (Å²) in [4.78, 5) is 18.7. The smallest absolute Gasteiger partial charge is 0.255 e. The Bertz CT molecular complexity index is 882. The number of aromatic nitrogens is 3. The van der Waals surface area contributed by atoms with Crippen LogP contribution in [0.1, 0.15) is 23.0 Å². The molecule has 0 bridgehead atoms. The van der Waals surface area contributed by atoms with E-state index in [1.807, 2.05) is 20.0 Å². The number of hydrogen-bond acceptors (Lipinski definition) is 5. The van der Waals surface area contributed by atoms with Crippen LogP contribution in [0.2, 0.25) is 0 Å². The topological polar surface area (TPSA) is 88.4 Å². The van der Waals surface area contributed by atoms with E-state index in [0.29, 0.717) is 31.7 Å².